The lowest BCUT2D eigenvalue weighted by atomic mass is 9.85. The molecule has 1 heterocycles. The lowest BCUT2D eigenvalue weighted by molar-refractivity contribution is 1.18. The van der Waals surface area contributed by atoms with Crippen molar-refractivity contribution in [1.82, 2.24) is 4.57 Å². The summed E-state index contributed by atoms with van der Waals surface area (Å²) in [7, 11) is 0. The zero-order valence-electron chi connectivity index (χ0n) is 28.0. The quantitative estimate of drug-likeness (QED) is 0.164. The third-order valence-electron chi connectivity index (χ3n) is 10.4. The minimum absolute atomic E-state index is 1.18. The van der Waals surface area contributed by atoms with Crippen molar-refractivity contribution in [3.8, 4) is 50.2 Å². The molecule has 0 N–H and O–H groups in total. The summed E-state index contributed by atoms with van der Waals surface area (Å²) in [6.07, 6.45) is 0. The van der Waals surface area contributed by atoms with Gasteiger partial charge in [0.25, 0.3) is 0 Å². The number of benzene rings is 9. The first kappa shape index (κ1) is 29.2. The van der Waals surface area contributed by atoms with Gasteiger partial charge in [-0.3, -0.25) is 0 Å². The van der Waals surface area contributed by atoms with E-state index in [-0.39, 0.29) is 0 Å². The van der Waals surface area contributed by atoms with Gasteiger partial charge in [-0.05, 0) is 90.8 Å². The summed E-state index contributed by atoms with van der Waals surface area (Å²) in [6, 6.07) is 72.9. The molecule has 0 aliphatic carbocycles. The van der Waals surface area contributed by atoms with Gasteiger partial charge in [0, 0.05) is 16.3 Å². The number of hydrogen-bond acceptors (Lipinski definition) is 0. The maximum atomic E-state index is 2.43. The molecule has 0 aliphatic heterocycles. The Kier molecular flexibility index (Phi) is 6.89. The zero-order chi connectivity index (χ0) is 33.7. The van der Waals surface area contributed by atoms with Crippen molar-refractivity contribution in [1.29, 1.82) is 0 Å². The molecule has 0 amide bonds. The molecule has 1 aromatic heterocycles. The molecule has 0 saturated heterocycles. The van der Waals surface area contributed by atoms with Gasteiger partial charge in [-0.2, -0.15) is 0 Å². The molecule has 10 rings (SSSR count). The molecule has 0 unspecified atom stereocenters. The number of hydrogen-bond donors (Lipinski definition) is 0. The third kappa shape index (κ3) is 4.78. The van der Waals surface area contributed by atoms with Crippen molar-refractivity contribution in [2.45, 2.75) is 0 Å². The van der Waals surface area contributed by atoms with Crippen molar-refractivity contribution in [3.63, 3.8) is 0 Å². The zero-order valence-corrected chi connectivity index (χ0v) is 28.0. The highest BCUT2D eigenvalue weighted by molar-refractivity contribution is 6.22. The fourth-order valence-electron chi connectivity index (χ4n) is 8.13. The minimum atomic E-state index is 1.18. The minimum Gasteiger partial charge on any atom is -0.309 e. The van der Waals surface area contributed by atoms with E-state index in [0.717, 1.165) is 0 Å². The van der Waals surface area contributed by atoms with Crippen LogP contribution in [0.25, 0.3) is 93.5 Å². The predicted molar refractivity (Wildman–Crippen MR) is 218 cm³/mol. The van der Waals surface area contributed by atoms with Crippen LogP contribution in [-0.2, 0) is 0 Å². The first-order valence-electron chi connectivity index (χ1n) is 17.6. The highest BCUT2D eigenvalue weighted by Gasteiger charge is 2.19. The van der Waals surface area contributed by atoms with Gasteiger partial charge in [0.1, 0.15) is 0 Å². The summed E-state index contributed by atoms with van der Waals surface area (Å²) < 4.78 is 2.43. The summed E-state index contributed by atoms with van der Waals surface area (Å²) >= 11 is 0. The molecule has 0 atom stereocenters. The summed E-state index contributed by atoms with van der Waals surface area (Å²) in [6.45, 7) is 0. The maximum Gasteiger partial charge on any atom is 0.0541 e. The topological polar surface area (TPSA) is 4.93 Å². The Labute approximate surface area is 297 Å². The van der Waals surface area contributed by atoms with Crippen LogP contribution in [0.2, 0.25) is 0 Å². The first-order chi connectivity index (χ1) is 25.3. The fraction of sp³-hybridized carbons (Fsp3) is 0. The average Bonchev–Trinajstić information content (AvgIpc) is 3.54. The van der Waals surface area contributed by atoms with Gasteiger partial charge in [0.15, 0.2) is 0 Å². The van der Waals surface area contributed by atoms with Crippen LogP contribution in [0.4, 0.5) is 0 Å². The van der Waals surface area contributed by atoms with Crippen LogP contribution in [-0.4, -0.2) is 4.57 Å². The average molecular weight is 648 g/mol. The van der Waals surface area contributed by atoms with Crippen molar-refractivity contribution in [2.24, 2.45) is 0 Å². The van der Waals surface area contributed by atoms with Crippen LogP contribution in [0.5, 0.6) is 0 Å². The summed E-state index contributed by atoms with van der Waals surface area (Å²) in [5, 5.41) is 7.56. The smallest absolute Gasteiger partial charge is 0.0541 e. The molecule has 0 spiro atoms. The third-order valence-corrected chi connectivity index (χ3v) is 10.4. The van der Waals surface area contributed by atoms with Gasteiger partial charge >= 0.3 is 0 Å². The van der Waals surface area contributed by atoms with Crippen LogP contribution < -0.4 is 0 Å². The summed E-state index contributed by atoms with van der Waals surface area (Å²) in [4.78, 5) is 0. The highest BCUT2D eigenvalue weighted by atomic mass is 15.0. The van der Waals surface area contributed by atoms with Crippen molar-refractivity contribution < 1.29 is 0 Å². The van der Waals surface area contributed by atoms with Crippen molar-refractivity contribution in [2.75, 3.05) is 0 Å². The largest absolute Gasteiger partial charge is 0.309 e. The molecule has 1 nitrogen and oxygen atoms in total. The summed E-state index contributed by atoms with van der Waals surface area (Å²) in [5.74, 6) is 0. The second-order valence-corrected chi connectivity index (χ2v) is 13.3. The van der Waals surface area contributed by atoms with Crippen LogP contribution in [0.15, 0.2) is 200 Å². The first-order valence-corrected chi connectivity index (χ1v) is 17.6. The molecule has 0 aliphatic rings. The Morgan fingerprint density at radius 2 is 0.706 bits per heavy atom. The molecule has 10 aromatic rings. The molecular weight excluding hydrogens is 615 g/mol. The van der Waals surface area contributed by atoms with Crippen LogP contribution >= 0.6 is 0 Å². The van der Waals surface area contributed by atoms with Gasteiger partial charge in [0.2, 0.25) is 0 Å². The highest BCUT2D eigenvalue weighted by Crippen LogP contribution is 2.45. The van der Waals surface area contributed by atoms with E-state index in [0.29, 0.717) is 0 Å². The Morgan fingerprint density at radius 1 is 0.255 bits per heavy atom. The van der Waals surface area contributed by atoms with Gasteiger partial charge in [-0.15, -0.1) is 0 Å². The van der Waals surface area contributed by atoms with Gasteiger partial charge in [-0.1, -0.05) is 170 Å². The Balaban J connectivity index is 1.23. The van der Waals surface area contributed by atoms with Crippen LogP contribution in [0, 0.1) is 0 Å². The van der Waals surface area contributed by atoms with Crippen LogP contribution in [0.1, 0.15) is 0 Å². The molecule has 1 heteroatoms. The normalized spacial score (nSPS) is 11.5. The fourth-order valence-corrected chi connectivity index (χ4v) is 8.13. The second-order valence-electron chi connectivity index (χ2n) is 13.3. The lowest BCUT2D eigenvalue weighted by Gasteiger charge is -2.19. The predicted octanol–water partition coefficient (Wildman–Crippen LogP) is 13.8. The molecule has 51 heavy (non-hydrogen) atoms. The lowest BCUT2D eigenvalue weighted by Crippen LogP contribution is -1.97. The van der Waals surface area contributed by atoms with E-state index in [1.807, 2.05) is 0 Å². The van der Waals surface area contributed by atoms with Crippen molar-refractivity contribution >= 4 is 43.4 Å². The molecule has 0 fully saturated rings. The van der Waals surface area contributed by atoms with E-state index in [1.54, 1.807) is 0 Å². The van der Waals surface area contributed by atoms with Gasteiger partial charge in [-0.25, -0.2) is 0 Å². The number of rotatable bonds is 5. The molecule has 238 valence electrons. The Morgan fingerprint density at radius 3 is 1.37 bits per heavy atom. The Hall–Kier alpha value is -6.70. The van der Waals surface area contributed by atoms with Crippen molar-refractivity contribution in [3.05, 3.63) is 200 Å². The number of nitrogens with zero attached hydrogens (tertiary/aromatic N) is 1. The second kappa shape index (κ2) is 12.0. The molecule has 9 aromatic carbocycles. The number of aromatic nitrogens is 1. The molecule has 0 saturated carbocycles. The number of para-hydroxylation sites is 2. The Bertz CT molecular complexity index is 2880. The van der Waals surface area contributed by atoms with E-state index in [9.17, 15) is 0 Å². The van der Waals surface area contributed by atoms with E-state index in [4.69, 9.17) is 0 Å². The maximum absolute atomic E-state index is 2.43. The molecular formula is C50H33N. The summed E-state index contributed by atoms with van der Waals surface area (Å²) in [5.41, 5.74) is 13.4. The van der Waals surface area contributed by atoms with E-state index in [2.05, 4.69) is 205 Å². The SMILES string of the molecule is c1ccc(-c2ccccc2-n2c3ccccc3c3cc(-c4ccc5c(-c6ccccc6)c6ccccc6c(-c6ccccc6)c5c4)ccc32)cc1. The van der Waals surface area contributed by atoms with Crippen LogP contribution in [0.3, 0.4) is 0 Å². The van der Waals surface area contributed by atoms with E-state index < -0.39 is 0 Å². The van der Waals surface area contributed by atoms with Gasteiger partial charge in [0.05, 0.1) is 16.7 Å². The van der Waals surface area contributed by atoms with E-state index in [1.165, 1.54) is 93.5 Å². The monoisotopic (exact) mass is 647 g/mol. The number of fused-ring (bicyclic) bond motifs is 5. The molecule has 0 radical (unpaired) electrons. The van der Waals surface area contributed by atoms with E-state index >= 15 is 0 Å². The molecule has 0 bridgehead atoms. The standard InChI is InChI=1S/C50H33N/c1-4-16-34(17-5-1)39-22-12-14-26-46(39)51-47-27-15-13-23-40(47)44-32-38(29-31-48(44)51)37-28-30-43-45(33-37)50(36-20-8-3-9-21-36)42-25-11-10-24-41(42)49(43)35-18-6-2-7-19-35/h1-33H. The van der Waals surface area contributed by atoms with Gasteiger partial charge < -0.3 is 4.57 Å².